The average Bonchev–Trinajstić information content (AvgIpc) is 2.82. The van der Waals surface area contributed by atoms with Crippen molar-refractivity contribution in [2.24, 2.45) is 0 Å². The fourth-order valence-electron chi connectivity index (χ4n) is 1.85. The van der Waals surface area contributed by atoms with E-state index in [0.717, 1.165) is 0 Å². The van der Waals surface area contributed by atoms with Gasteiger partial charge in [0.05, 0.1) is 13.0 Å². The molecule has 0 aliphatic rings. The van der Waals surface area contributed by atoms with E-state index in [9.17, 15) is 9.59 Å². The first-order chi connectivity index (χ1) is 9.47. The lowest BCUT2D eigenvalue weighted by atomic mass is 10.3. The number of amides is 1. The van der Waals surface area contributed by atoms with Crippen LogP contribution in [0.3, 0.4) is 0 Å². The molecule has 0 radical (unpaired) electrons. The summed E-state index contributed by atoms with van der Waals surface area (Å²) >= 11 is 0. The second-order valence-corrected chi connectivity index (χ2v) is 4.43. The fourth-order valence-corrected chi connectivity index (χ4v) is 1.85. The predicted octanol–water partition coefficient (Wildman–Crippen LogP) is 1.13. The lowest BCUT2D eigenvalue weighted by Gasteiger charge is -2.25. The zero-order valence-electron chi connectivity index (χ0n) is 12.1. The van der Waals surface area contributed by atoms with Crippen LogP contribution in [0, 0.1) is 6.92 Å². The van der Waals surface area contributed by atoms with E-state index in [2.05, 4.69) is 5.16 Å². The van der Waals surface area contributed by atoms with Crippen LogP contribution < -0.4 is 4.90 Å². The summed E-state index contributed by atoms with van der Waals surface area (Å²) in [6.45, 7) is 7.12. The van der Waals surface area contributed by atoms with Gasteiger partial charge in [0, 0.05) is 25.7 Å². The van der Waals surface area contributed by atoms with E-state index in [1.165, 1.54) is 0 Å². The molecule has 0 fully saturated rings. The standard InChI is InChI=1S/C13H21N3O4/c1-4-15(5-2)12(17)9-16(7-6-13(18)19)11-8-10(3)20-14-11/h8H,4-7,9H2,1-3H3,(H,18,19). The highest BCUT2D eigenvalue weighted by Gasteiger charge is 2.19. The molecule has 0 spiro atoms. The van der Waals surface area contributed by atoms with Crippen molar-refractivity contribution in [2.45, 2.75) is 27.2 Å². The zero-order chi connectivity index (χ0) is 15.1. The van der Waals surface area contributed by atoms with Gasteiger partial charge >= 0.3 is 5.97 Å². The van der Waals surface area contributed by atoms with E-state index in [0.29, 0.717) is 24.7 Å². The number of carboxylic acids is 1. The number of likely N-dealkylation sites (N-methyl/N-ethyl adjacent to an activating group) is 1. The van der Waals surface area contributed by atoms with Crippen LogP contribution in [0.2, 0.25) is 0 Å². The maximum Gasteiger partial charge on any atom is 0.305 e. The zero-order valence-corrected chi connectivity index (χ0v) is 12.1. The second-order valence-electron chi connectivity index (χ2n) is 4.43. The molecule has 0 atom stereocenters. The molecule has 1 heterocycles. The van der Waals surface area contributed by atoms with Gasteiger partial charge in [0.2, 0.25) is 5.91 Å². The third-order valence-electron chi connectivity index (χ3n) is 2.98. The highest BCUT2D eigenvalue weighted by atomic mass is 16.5. The fraction of sp³-hybridized carbons (Fsp3) is 0.615. The molecule has 0 saturated carbocycles. The van der Waals surface area contributed by atoms with E-state index < -0.39 is 5.97 Å². The highest BCUT2D eigenvalue weighted by molar-refractivity contribution is 5.81. The molecule has 7 heteroatoms. The van der Waals surface area contributed by atoms with Crippen molar-refractivity contribution in [3.05, 3.63) is 11.8 Å². The summed E-state index contributed by atoms with van der Waals surface area (Å²) in [5, 5.41) is 12.6. The molecule has 20 heavy (non-hydrogen) atoms. The van der Waals surface area contributed by atoms with Crippen LogP contribution in [0.4, 0.5) is 5.82 Å². The van der Waals surface area contributed by atoms with Crippen LogP contribution in [-0.2, 0) is 9.59 Å². The van der Waals surface area contributed by atoms with E-state index in [1.807, 2.05) is 13.8 Å². The first kappa shape index (κ1) is 16.0. The van der Waals surface area contributed by atoms with Gasteiger partial charge in [-0.3, -0.25) is 9.59 Å². The number of aryl methyl sites for hydroxylation is 1. The molecule has 1 aromatic rings. The Morgan fingerprint density at radius 2 is 2.00 bits per heavy atom. The summed E-state index contributed by atoms with van der Waals surface area (Å²) in [7, 11) is 0. The summed E-state index contributed by atoms with van der Waals surface area (Å²) in [6.07, 6.45) is -0.0581. The Kier molecular flexibility index (Phi) is 6.02. The summed E-state index contributed by atoms with van der Waals surface area (Å²) in [5.74, 6) is 0.145. The quantitative estimate of drug-likeness (QED) is 0.769. The van der Waals surface area contributed by atoms with Gasteiger partial charge in [-0.05, 0) is 20.8 Å². The average molecular weight is 283 g/mol. The van der Waals surface area contributed by atoms with Gasteiger partial charge in [0.15, 0.2) is 5.82 Å². The molecule has 0 saturated heterocycles. The van der Waals surface area contributed by atoms with Crippen molar-refractivity contribution in [3.63, 3.8) is 0 Å². The van der Waals surface area contributed by atoms with Gasteiger partial charge in [-0.15, -0.1) is 0 Å². The van der Waals surface area contributed by atoms with Crippen molar-refractivity contribution in [1.29, 1.82) is 0 Å². The van der Waals surface area contributed by atoms with Crippen molar-refractivity contribution in [1.82, 2.24) is 10.1 Å². The minimum absolute atomic E-state index is 0.0546. The van der Waals surface area contributed by atoms with Crippen LogP contribution in [0.15, 0.2) is 10.6 Å². The van der Waals surface area contributed by atoms with Crippen LogP contribution in [-0.4, -0.2) is 53.2 Å². The number of carbonyl (C=O) groups excluding carboxylic acids is 1. The summed E-state index contributed by atoms with van der Waals surface area (Å²) in [6, 6.07) is 1.69. The second kappa shape index (κ2) is 7.52. The lowest BCUT2D eigenvalue weighted by Crippen LogP contribution is -2.41. The minimum Gasteiger partial charge on any atom is -0.481 e. The Morgan fingerprint density at radius 3 is 2.45 bits per heavy atom. The normalized spacial score (nSPS) is 10.3. The first-order valence-electron chi connectivity index (χ1n) is 6.65. The molecule has 7 nitrogen and oxygen atoms in total. The number of carboxylic acid groups (broad SMARTS) is 1. The van der Waals surface area contributed by atoms with Crippen LogP contribution in [0.25, 0.3) is 0 Å². The SMILES string of the molecule is CCN(CC)C(=O)CN(CCC(=O)O)c1cc(C)on1. The predicted molar refractivity (Wildman–Crippen MR) is 73.6 cm³/mol. The molecular formula is C13H21N3O4. The monoisotopic (exact) mass is 283 g/mol. The number of aliphatic carboxylic acids is 1. The summed E-state index contributed by atoms with van der Waals surface area (Å²) in [4.78, 5) is 26.2. The summed E-state index contributed by atoms with van der Waals surface area (Å²) < 4.78 is 4.98. The maximum absolute atomic E-state index is 12.1. The van der Waals surface area contributed by atoms with E-state index in [-0.39, 0.29) is 25.4 Å². The molecular weight excluding hydrogens is 262 g/mol. The number of rotatable bonds is 8. The Morgan fingerprint density at radius 1 is 1.35 bits per heavy atom. The van der Waals surface area contributed by atoms with Crippen molar-refractivity contribution in [3.8, 4) is 0 Å². The van der Waals surface area contributed by atoms with Crippen LogP contribution in [0.1, 0.15) is 26.0 Å². The number of anilines is 1. The minimum atomic E-state index is -0.912. The number of hydrogen-bond acceptors (Lipinski definition) is 5. The third kappa shape index (κ3) is 4.56. The Bertz CT molecular complexity index is 454. The smallest absolute Gasteiger partial charge is 0.305 e. The van der Waals surface area contributed by atoms with Gasteiger partial charge in [-0.1, -0.05) is 5.16 Å². The topological polar surface area (TPSA) is 86.9 Å². The van der Waals surface area contributed by atoms with Gasteiger partial charge in [0.1, 0.15) is 5.76 Å². The molecule has 1 rings (SSSR count). The van der Waals surface area contributed by atoms with E-state index >= 15 is 0 Å². The largest absolute Gasteiger partial charge is 0.481 e. The molecule has 0 aromatic carbocycles. The molecule has 1 aromatic heterocycles. The molecule has 1 N–H and O–H groups in total. The lowest BCUT2D eigenvalue weighted by molar-refractivity contribution is -0.137. The maximum atomic E-state index is 12.1. The number of aromatic nitrogens is 1. The molecule has 0 aliphatic carbocycles. The molecule has 0 bridgehead atoms. The van der Waals surface area contributed by atoms with Crippen molar-refractivity contribution in [2.75, 3.05) is 31.1 Å². The Balaban J connectivity index is 2.77. The molecule has 0 aliphatic heterocycles. The molecule has 0 unspecified atom stereocenters. The van der Waals surface area contributed by atoms with Gasteiger partial charge in [-0.2, -0.15) is 0 Å². The first-order valence-corrected chi connectivity index (χ1v) is 6.65. The highest BCUT2D eigenvalue weighted by Crippen LogP contribution is 2.14. The number of carbonyl (C=O) groups is 2. The third-order valence-corrected chi connectivity index (χ3v) is 2.98. The van der Waals surface area contributed by atoms with Gasteiger partial charge in [0.25, 0.3) is 0 Å². The van der Waals surface area contributed by atoms with Crippen LogP contribution in [0.5, 0.6) is 0 Å². The summed E-state index contributed by atoms with van der Waals surface area (Å²) in [5.41, 5.74) is 0. The Labute approximate surface area is 118 Å². The van der Waals surface area contributed by atoms with E-state index in [1.54, 1.807) is 22.8 Å². The van der Waals surface area contributed by atoms with Crippen LogP contribution >= 0.6 is 0 Å². The van der Waals surface area contributed by atoms with Gasteiger partial charge < -0.3 is 19.4 Å². The number of nitrogens with zero attached hydrogens (tertiary/aromatic N) is 3. The molecule has 1 amide bonds. The van der Waals surface area contributed by atoms with Gasteiger partial charge in [-0.25, -0.2) is 0 Å². The van der Waals surface area contributed by atoms with E-state index in [4.69, 9.17) is 9.63 Å². The Hall–Kier alpha value is -2.05. The van der Waals surface area contributed by atoms with Crippen molar-refractivity contribution >= 4 is 17.7 Å². The molecule has 112 valence electrons. The number of hydrogen-bond donors (Lipinski definition) is 1. The van der Waals surface area contributed by atoms with Crippen molar-refractivity contribution < 1.29 is 19.2 Å².